The molecule has 0 nitrogen and oxygen atoms in total. The van der Waals surface area contributed by atoms with Crippen molar-refractivity contribution in [2.75, 3.05) is 0 Å². The van der Waals surface area contributed by atoms with Gasteiger partial charge < -0.3 is 0 Å². The molecule has 0 aliphatic rings. The zero-order valence-electron chi connectivity index (χ0n) is 10.2. The number of hydrogen-bond acceptors (Lipinski definition) is 0. The lowest BCUT2D eigenvalue weighted by molar-refractivity contribution is 0.624. The van der Waals surface area contributed by atoms with Crippen LogP contribution in [0.4, 0.5) is 4.39 Å². The third-order valence-electron chi connectivity index (χ3n) is 2.99. The molecule has 0 heterocycles. The molecule has 1 unspecified atom stereocenters. The summed E-state index contributed by atoms with van der Waals surface area (Å²) in [6.45, 7) is 3.72. The first-order valence-electron chi connectivity index (χ1n) is 5.66. The van der Waals surface area contributed by atoms with E-state index in [-0.39, 0.29) is 11.2 Å². The molecule has 1 atom stereocenters. The van der Waals surface area contributed by atoms with Crippen LogP contribution >= 0.6 is 23.2 Å². The first-order valence-corrected chi connectivity index (χ1v) is 6.47. The summed E-state index contributed by atoms with van der Waals surface area (Å²) in [5, 5.41) is 0.264. The first-order chi connectivity index (χ1) is 8.50. The zero-order valence-corrected chi connectivity index (χ0v) is 11.7. The fourth-order valence-corrected chi connectivity index (χ4v) is 2.99. The molecule has 0 saturated carbocycles. The van der Waals surface area contributed by atoms with Crippen LogP contribution in [0.5, 0.6) is 0 Å². The minimum absolute atomic E-state index is 0.239. The van der Waals surface area contributed by atoms with E-state index in [4.69, 9.17) is 23.2 Å². The van der Waals surface area contributed by atoms with Crippen LogP contribution in [0.3, 0.4) is 0 Å². The number of rotatable bonds is 2. The maximum absolute atomic E-state index is 13.3. The monoisotopic (exact) mass is 282 g/mol. The third kappa shape index (κ3) is 2.52. The van der Waals surface area contributed by atoms with Crippen molar-refractivity contribution in [3.05, 3.63) is 69.5 Å². The molecule has 94 valence electrons. The molecular formula is C15H13Cl2F. The lowest BCUT2D eigenvalue weighted by atomic mass is 9.95. The summed E-state index contributed by atoms with van der Waals surface area (Å²) in [6, 6.07) is 10.4. The summed E-state index contributed by atoms with van der Waals surface area (Å²) in [4.78, 5) is 0. The Morgan fingerprint density at radius 1 is 1.06 bits per heavy atom. The third-order valence-corrected chi connectivity index (χ3v) is 3.79. The molecule has 0 aliphatic heterocycles. The van der Waals surface area contributed by atoms with Crippen LogP contribution in [0.15, 0.2) is 36.4 Å². The van der Waals surface area contributed by atoms with E-state index in [1.165, 1.54) is 12.1 Å². The number of aryl methyl sites for hydroxylation is 2. The highest BCUT2D eigenvalue weighted by molar-refractivity contribution is 6.33. The number of benzene rings is 2. The van der Waals surface area contributed by atoms with Gasteiger partial charge in [-0.1, -0.05) is 29.8 Å². The minimum Gasteiger partial charge on any atom is -0.207 e. The molecule has 0 N–H and O–H groups in total. The van der Waals surface area contributed by atoms with Gasteiger partial charge in [0.2, 0.25) is 0 Å². The predicted molar refractivity (Wildman–Crippen MR) is 75.0 cm³/mol. The summed E-state index contributed by atoms with van der Waals surface area (Å²) < 4.78 is 13.3. The molecule has 0 fully saturated rings. The lowest BCUT2D eigenvalue weighted by Gasteiger charge is -2.17. The SMILES string of the molecule is Cc1cc(F)cc(C)c1C(Cl)c1ccccc1Cl. The minimum atomic E-state index is -0.362. The molecule has 2 aromatic rings. The van der Waals surface area contributed by atoms with Crippen molar-refractivity contribution in [1.29, 1.82) is 0 Å². The molecule has 2 aromatic carbocycles. The highest BCUT2D eigenvalue weighted by atomic mass is 35.5. The molecule has 0 spiro atoms. The van der Waals surface area contributed by atoms with Crippen molar-refractivity contribution in [2.45, 2.75) is 19.2 Å². The maximum atomic E-state index is 13.3. The van der Waals surface area contributed by atoms with Crippen LogP contribution in [0.1, 0.15) is 27.6 Å². The Bertz CT molecular complexity index is 555. The molecule has 3 heteroatoms. The van der Waals surface area contributed by atoms with Gasteiger partial charge in [-0.3, -0.25) is 0 Å². The van der Waals surface area contributed by atoms with Gasteiger partial charge in [0.25, 0.3) is 0 Å². The second-order valence-corrected chi connectivity index (χ2v) is 5.18. The van der Waals surface area contributed by atoms with Crippen molar-refractivity contribution in [3.8, 4) is 0 Å². The van der Waals surface area contributed by atoms with Gasteiger partial charge in [-0.25, -0.2) is 4.39 Å². The van der Waals surface area contributed by atoms with E-state index >= 15 is 0 Å². The summed E-state index contributed by atoms with van der Waals surface area (Å²) in [6.07, 6.45) is 0. The Morgan fingerprint density at radius 2 is 1.61 bits per heavy atom. The molecule has 0 radical (unpaired) electrons. The van der Waals surface area contributed by atoms with Gasteiger partial charge in [0.15, 0.2) is 0 Å². The van der Waals surface area contributed by atoms with Crippen LogP contribution in [0.25, 0.3) is 0 Å². The standard InChI is InChI=1S/C15H13Cl2F/c1-9-7-11(18)8-10(2)14(9)15(17)12-5-3-4-6-13(12)16/h3-8,15H,1-2H3. The van der Waals surface area contributed by atoms with Crippen LogP contribution in [-0.2, 0) is 0 Å². The van der Waals surface area contributed by atoms with Crippen LogP contribution in [0.2, 0.25) is 5.02 Å². The Hall–Kier alpha value is -1.05. The largest absolute Gasteiger partial charge is 0.207 e. The van der Waals surface area contributed by atoms with Crippen LogP contribution in [-0.4, -0.2) is 0 Å². The highest BCUT2D eigenvalue weighted by Gasteiger charge is 2.18. The fraction of sp³-hybridized carbons (Fsp3) is 0.200. The molecular weight excluding hydrogens is 270 g/mol. The Labute approximate surface area is 116 Å². The zero-order chi connectivity index (χ0) is 13.3. The second kappa shape index (κ2) is 5.29. The highest BCUT2D eigenvalue weighted by Crippen LogP contribution is 2.36. The van der Waals surface area contributed by atoms with E-state index in [9.17, 15) is 4.39 Å². The molecule has 2 rings (SSSR count). The van der Waals surface area contributed by atoms with Crippen molar-refractivity contribution in [1.82, 2.24) is 0 Å². The summed E-state index contributed by atoms with van der Waals surface area (Å²) in [5.74, 6) is -0.239. The quantitative estimate of drug-likeness (QED) is 0.645. The lowest BCUT2D eigenvalue weighted by Crippen LogP contribution is -2.01. The average molecular weight is 283 g/mol. The predicted octanol–water partition coefficient (Wildman–Crippen LogP) is 5.42. The number of alkyl halides is 1. The van der Waals surface area contributed by atoms with Crippen LogP contribution in [0, 0.1) is 19.7 Å². The normalized spacial score (nSPS) is 12.5. The smallest absolute Gasteiger partial charge is 0.123 e. The van der Waals surface area contributed by atoms with Crippen LogP contribution < -0.4 is 0 Å². The Balaban J connectivity index is 2.53. The molecule has 18 heavy (non-hydrogen) atoms. The van der Waals surface area contributed by atoms with Gasteiger partial charge in [0, 0.05) is 5.02 Å². The summed E-state index contributed by atoms with van der Waals surface area (Å²) >= 11 is 12.6. The van der Waals surface area contributed by atoms with Gasteiger partial charge in [0.1, 0.15) is 5.82 Å². The van der Waals surface area contributed by atoms with Crippen molar-refractivity contribution in [2.24, 2.45) is 0 Å². The van der Waals surface area contributed by atoms with Gasteiger partial charge in [-0.05, 0) is 54.3 Å². The average Bonchev–Trinajstić information content (AvgIpc) is 2.27. The van der Waals surface area contributed by atoms with E-state index in [2.05, 4.69) is 0 Å². The number of hydrogen-bond donors (Lipinski definition) is 0. The molecule has 0 amide bonds. The fourth-order valence-electron chi connectivity index (χ4n) is 2.16. The second-order valence-electron chi connectivity index (χ2n) is 4.34. The Morgan fingerprint density at radius 3 is 2.17 bits per heavy atom. The van der Waals surface area contributed by atoms with E-state index in [1.54, 1.807) is 6.07 Å². The first kappa shape index (κ1) is 13.4. The van der Waals surface area contributed by atoms with E-state index in [1.807, 2.05) is 32.0 Å². The van der Waals surface area contributed by atoms with E-state index in [0.29, 0.717) is 5.02 Å². The van der Waals surface area contributed by atoms with Crippen molar-refractivity contribution in [3.63, 3.8) is 0 Å². The van der Waals surface area contributed by atoms with Crippen molar-refractivity contribution < 1.29 is 4.39 Å². The van der Waals surface area contributed by atoms with Gasteiger partial charge >= 0.3 is 0 Å². The van der Waals surface area contributed by atoms with Gasteiger partial charge in [-0.15, -0.1) is 11.6 Å². The Kier molecular flexibility index (Phi) is 3.94. The summed E-state index contributed by atoms with van der Waals surface area (Å²) in [7, 11) is 0. The summed E-state index contributed by atoms with van der Waals surface area (Å²) in [5.41, 5.74) is 3.45. The maximum Gasteiger partial charge on any atom is 0.123 e. The molecule has 0 aromatic heterocycles. The molecule has 0 aliphatic carbocycles. The van der Waals surface area contributed by atoms with E-state index < -0.39 is 0 Å². The molecule has 0 saturated heterocycles. The van der Waals surface area contributed by atoms with Gasteiger partial charge in [0.05, 0.1) is 5.38 Å². The van der Waals surface area contributed by atoms with Gasteiger partial charge in [-0.2, -0.15) is 0 Å². The van der Waals surface area contributed by atoms with E-state index in [0.717, 1.165) is 22.3 Å². The molecule has 0 bridgehead atoms. The van der Waals surface area contributed by atoms with Crippen molar-refractivity contribution >= 4 is 23.2 Å². The number of halogens is 3. The topological polar surface area (TPSA) is 0 Å².